The van der Waals surface area contributed by atoms with Crippen LogP contribution in [0.4, 0.5) is 24.2 Å². The lowest BCUT2D eigenvalue weighted by atomic mass is 9.72. The standard InChI is InChI=1S/C35H49F2N7O5/c1-34(2,3)49-33(48)38-22-6-13-35(4,14-7-22)31(46)43-17-10-23(11-18-43)42-15-8-21(9-16-42)27-25(36)20-24-29(28(27)37)41(5)40-30(24)44-19-12-26(45)39-32(44)47/h20-23H,6-19H2,1-5H3,(H,38,48)(H,39,45,47). The Labute approximate surface area is 285 Å². The van der Waals surface area contributed by atoms with Gasteiger partial charge in [-0.15, -0.1) is 0 Å². The molecule has 12 nitrogen and oxygen atoms in total. The van der Waals surface area contributed by atoms with E-state index in [0.29, 0.717) is 57.9 Å². The molecular formula is C35H49F2N7O5. The molecule has 0 radical (unpaired) electrons. The van der Waals surface area contributed by atoms with Gasteiger partial charge < -0.3 is 19.9 Å². The number of aryl methyl sites for hydroxylation is 1. The summed E-state index contributed by atoms with van der Waals surface area (Å²) in [5.74, 6) is -1.68. The topological polar surface area (TPSA) is 129 Å². The molecule has 5 amide bonds. The van der Waals surface area contributed by atoms with Crippen LogP contribution in [0.5, 0.6) is 0 Å². The zero-order valence-electron chi connectivity index (χ0n) is 29.2. The van der Waals surface area contributed by atoms with Crippen LogP contribution in [-0.2, 0) is 21.4 Å². The van der Waals surface area contributed by atoms with Crippen molar-refractivity contribution in [2.75, 3.05) is 37.6 Å². The fraction of sp³-hybridized carbons (Fsp3) is 0.686. The van der Waals surface area contributed by atoms with E-state index in [2.05, 4.69) is 20.6 Å². The van der Waals surface area contributed by atoms with Crippen LogP contribution in [0, 0.1) is 17.0 Å². The minimum atomic E-state index is -0.658. The van der Waals surface area contributed by atoms with E-state index in [1.807, 2.05) is 32.6 Å². The molecule has 0 bridgehead atoms. The summed E-state index contributed by atoms with van der Waals surface area (Å²) in [6.45, 7) is 10.4. The van der Waals surface area contributed by atoms with Gasteiger partial charge in [0.15, 0.2) is 11.6 Å². The van der Waals surface area contributed by atoms with E-state index in [4.69, 9.17) is 4.74 Å². The minimum Gasteiger partial charge on any atom is -0.444 e. The third kappa shape index (κ3) is 7.25. The molecule has 268 valence electrons. The highest BCUT2D eigenvalue weighted by atomic mass is 19.1. The average Bonchev–Trinajstić information content (AvgIpc) is 3.36. The van der Waals surface area contributed by atoms with Crippen LogP contribution in [0.15, 0.2) is 6.07 Å². The molecule has 0 spiro atoms. The number of carbonyl (C=O) groups is 4. The molecule has 0 atom stereocenters. The molecule has 2 aromatic rings. The predicted octanol–water partition coefficient (Wildman–Crippen LogP) is 4.94. The first-order valence-electron chi connectivity index (χ1n) is 17.6. The lowest BCUT2D eigenvalue weighted by Crippen LogP contribution is -2.53. The Bertz CT molecular complexity index is 1610. The van der Waals surface area contributed by atoms with Gasteiger partial charge in [0.05, 0.1) is 5.39 Å². The number of carbonyl (C=O) groups excluding carboxylic acids is 4. The number of imide groups is 1. The number of anilines is 1. The number of ether oxygens (including phenoxy) is 1. The Morgan fingerprint density at radius 1 is 1.00 bits per heavy atom. The number of likely N-dealkylation sites (tertiary alicyclic amines) is 2. The number of benzene rings is 1. The zero-order valence-corrected chi connectivity index (χ0v) is 29.2. The Morgan fingerprint density at radius 3 is 2.27 bits per heavy atom. The van der Waals surface area contributed by atoms with Crippen LogP contribution in [0.3, 0.4) is 0 Å². The van der Waals surface area contributed by atoms with Crippen molar-refractivity contribution in [2.45, 2.75) is 109 Å². The predicted molar refractivity (Wildman–Crippen MR) is 179 cm³/mol. The molecule has 3 aliphatic heterocycles. The van der Waals surface area contributed by atoms with E-state index in [9.17, 15) is 19.2 Å². The summed E-state index contributed by atoms with van der Waals surface area (Å²) >= 11 is 0. The number of alkyl carbamates (subject to hydrolysis) is 1. The quantitative estimate of drug-likeness (QED) is 0.456. The van der Waals surface area contributed by atoms with Gasteiger partial charge in [-0.05, 0) is 97.2 Å². The molecule has 1 saturated carbocycles. The van der Waals surface area contributed by atoms with Gasteiger partial charge in [-0.3, -0.25) is 24.5 Å². The van der Waals surface area contributed by atoms with E-state index in [-0.39, 0.29) is 53.1 Å². The normalized spacial score (nSPS) is 25.1. The van der Waals surface area contributed by atoms with Crippen molar-refractivity contribution in [3.05, 3.63) is 23.3 Å². The van der Waals surface area contributed by atoms with Gasteiger partial charge in [-0.1, -0.05) is 6.92 Å². The summed E-state index contributed by atoms with van der Waals surface area (Å²) in [5.41, 5.74) is -0.802. The molecule has 6 rings (SSSR count). The van der Waals surface area contributed by atoms with Crippen LogP contribution < -0.4 is 15.5 Å². The summed E-state index contributed by atoms with van der Waals surface area (Å²) in [5, 5.41) is 9.72. The smallest absolute Gasteiger partial charge is 0.407 e. The van der Waals surface area contributed by atoms with E-state index in [1.54, 1.807) is 7.05 Å². The zero-order chi connectivity index (χ0) is 35.2. The second-order valence-electron chi connectivity index (χ2n) is 15.5. The molecule has 2 N–H and O–H groups in total. The van der Waals surface area contributed by atoms with Gasteiger partial charge in [0.2, 0.25) is 11.8 Å². The lowest BCUT2D eigenvalue weighted by Gasteiger charge is -2.45. The maximum atomic E-state index is 16.1. The van der Waals surface area contributed by atoms with E-state index in [0.717, 1.165) is 25.7 Å². The molecule has 1 aromatic heterocycles. The van der Waals surface area contributed by atoms with Crippen LogP contribution >= 0.6 is 0 Å². The molecule has 1 aromatic carbocycles. The molecule has 0 unspecified atom stereocenters. The van der Waals surface area contributed by atoms with Crippen molar-refractivity contribution in [1.82, 2.24) is 30.2 Å². The summed E-state index contributed by atoms with van der Waals surface area (Å²) in [4.78, 5) is 55.6. The van der Waals surface area contributed by atoms with Crippen molar-refractivity contribution in [2.24, 2.45) is 12.5 Å². The van der Waals surface area contributed by atoms with Crippen molar-refractivity contribution < 1.29 is 32.7 Å². The number of amides is 5. The van der Waals surface area contributed by atoms with Crippen LogP contribution in [0.1, 0.15) is 97.0 Å². The summed E-state index contributed by atoms with van der Waals surface area (Å²) in [7, 11) is 1.57. The SMILES string of the molecule is Cn1nc(N2CCC(=O)NC2=O)c2cc(F)c(C3CCN(C4CCN(C(=O)C5(C)CCC(NC(=O)OC(C)(C)C)CC5)CC4)CC3)c(F)c21. The first-order chi connectivity index (χ1) is 23.1. The number of halogens is 2. The summed E-state index contributed by atoms with van der Waals surface area (Å²) in [6.07, 6.45) is 5.50. The number of hydrogen-bond acceptors (Lipinski definition) is 7. The average molecular weight is 686 g/mol. The number of aromatic nitrogens is 2. The van der Waals surface area contributed by atoms with Crippen molar-refractivity contribution in [1.29, 1.82) is 0 Å². The van der Waals surface area contributed by atoms with E-state index in [1.165, 1.54) is 15.6 Å². The number of urea groups is 1. The number of hydrogen-bond donors (Lipinski definition) is 2. The van der Waals surface area contributed by atoms with Crippen molar-refractivity contribution in [3.8, 4) is 0 Å². The molecule has 4 aliphatic rings. The maximum absolute atomic E-state index is 16.1. The third-order valence-electron chi connectivity index (χ3n) is 10.9. The van der Waals surface area contributed by atoms with Gasteiger partial charge >= 0.3 is 12.1 Å². The molecule has 3 saturated heterocycles. The Kier molecular flexibility index (Phi) is 9.64. The molecule has 1 aliphatic carbocycles. The maximum Gasteiger partial charge on any atom is 0.407 e. The molecule has 4 fully saturated rings. The van der Waals surface area contributed by atoms with Gasteiger partial charge in [-0.2, -0.15) is 5.10 Å². The van der Waals surface area contributed by atoms with Crippen molar-refractivity contribution >= 4 is 40.7 Å². The highest BCUT2D eigenvalue weighted by molar-refractivity contribution is 6.09. The number of piperidine rings is 2. The second kappa shape index (κ2) is 13.5. The van der Waals surface area contributed by atoms with Crippen LogP contribution in [-0.4, -0.2) is 93.9 Å². The fourth-order valence-corrected chi connectivity index (χ4v) is 8.15. The van der Waals surface area contributed by atoms with Crippen LogP contribution in [0.2, 0.25) is 0 Å². The van der Waals surface area contributed by atoms with Gasteiger partial charge in [-0.25, -0.2) is 18.4 Å². The van der Waals surface area contributed by atoms with Crippen molar-refractivity contribution in [3.63, 3.8) is 0 Å². The highest BCUT2D eigenvalue weighted by Gasteiger charge is 2.42. The summed E-state index contributed by atoms with van der Waals surface area (Å²) in [6, 6.07) is 0.926. The number of nitrogens with zero attached hydrogens (tertiary/aromatic N) is 5. The van der Waals surface area contributed by atoms with Gasteiger partial charge in [0.25, 0.3) is 0 Å². The number of nitrogens with one attached hydrogen (secondary N) is 2. The third-order valence-corrected chi connectivity index (χ3v) is 10.9. The molecule has 49 heavy (non-hydrogen) atoms. The van der Waals surface area contributed by atoms with Gasteiger partial charge in [0.1, 0.15) is 16.9 Å². The summed E-state index contributed by atoms with van der Waals surface area (Å²) < 4.78 is 38.4. The monoisotopic (exact) mass is 685 g/mol. The van der Waals surface area contributed by atoms with E-state index < -0.39 is 40.7 Å². The first-order valence-corrected chi connectivity index (χ1v) is 17.6. The Hall–Kier alpha value is -3.81. The Morgan fingerprint density at radius 2 is 1.65 bits per heavy atom. The first kappa shape index (κ1) is 35.0. The largest absolute Gasteiger partial charge is 0.444 e. The lowest BCUT2D eigenvalue weighted by molar-refractivity contribution is -0.145. The molecule has 14 heteroatoms. The van der Waals surface area contributed by atoms with Gasteiger partial charge in [0, 0.05) is 56.2 Å². The van der Waals surface area contributed by atoms with E-state index >= 15 is 8.78 Å². The number of rotatable bonds is 5. The Balaban J connectivity index is 1.02. The fourth-order valence-electron chi connectivity index (χ4n) is 8.15. The second-order valence-corrected chi connectivity index (χ2v) is 15.5. The number of fused-ring (bicyclic) bond motifs is 1. The highest BCUT2D eigenvalue weighted by Crippen LogP contribution is 2.41. The minimum absolute atomic E-state index is 0.00527. The molecular weight excluding hydrogens is 636 g/mol. The van der Waals surface area contributed by atoms with Crippen LogP contribution in [0.25, 0.3) is 10.9 Å². The molecule has 4 heterocycles.